The molecule has 3 rings (SSSR count). The monoisotopic (exact) mass is 351 g/mol. The third-order valence-corrected chi connectivity index (χ3v) is 4.07. The molecule has 0 aliphatic carbocycles. The summed E-state index contributed by atoms with van der Waals surface area (Å²) in [6.45, 7) is 1.80. The quantitative estimate of drug-likeness (QED) is 0.527. The number of carbonyl (C=O) groups excluding carboxylic acids is 1. The molecule has 0 bridgehead atoms. The van der Waals surface area contributed by atoms with E-state index in [1.807, 2.05) is 54.6 Å². The van der Waals surface area contributed by atoms with Crippen molar-refractivity contribution in [2.45, 2.75) is 13.0 Å². The highest BCUT2D eigenvalue weighted by atomic mass is 35.5. The van der Waals surface area contributed by atoms with Gasteiger partial charge in [0.1, 0.15) is 6.04 Å². The number of carbonyl (C=O) groups is 1. The average Bonchev–Trinajstić information content (AvgIpc) is 2.63. The van der Waals surface area contributed by atoms with Crippen LogP contribution >= 0.6 is 11.6 Å². The number of anilines is 1. The summed E-state index contributed by atoms with van der Waals surface area (Å²) in [5.41, 5.74) is 4.33. The van der Waals surface area contributed by atoms with E-state index in [-0.39, 0.29) is 5.91 Å². The van der Waals surface area contributed by atoms with Crippen molar-refractivity contribution in [1.82, 2.24) is 5.43 Å². The molecule has 0 spiro atoms. The summed E-state index contributed by atoms with van der Waals surface area (Å²) in [5.74, 6) is -0.210. The Morgan fingerprint density at radius 1 is 1.04 bits per heavy atom. The van der Waals surface area contributed by atoms with Gasteiger partial charge in [-0.05, 0) is 36.1 Å². The largest absolute Gasteiger partial charge is 0.373 e. The Hall–Kier alpha value is -2.85. The molecule has 0 unspecified atom stereocenters. The third kappa shape index (κ3) is 4.37. The van der Waals surface area contributed by atoms with Gasteiger partial charge in [0, 0.05) is 16.1 Å². The minimum absolute atomic E-state index is 0.210. The Morgan fingerprint density at radius 3 is 2.56 bits per heavy atom. The van der Waals surface area contributed by atoms with Crippen LogP contribution in [0.1, 0.15) is 12.5 Å². The summed E-state index contributed by atoms with van der Waals surface area (Å²) in [5, 5.41) is 10.1. The van der Waals surface area contributed by atoms with Gasteiger partial charge in [-0.15, -0.1) is 0 Å². The Morgan fingerprint density at radius 2 is 1.76 bits per heavy atom. The lowest BCUT2D eigenvalue weighted by atomic mass is 10.1. The van der Waals surface area contributed by atoms with E-state index in [2.05, 4.69) is 15.8 Å². The molecule has 0 aromatic heterocycles. The Kier molecular flexibility index (Phi) is 5.31. The summed E-state index contributed by atoms with van der Waals surface area (Å²) in [6, 6.07) is 20.8. The van der Waals surface area contributed by atoms with Crippen LogP contribution in [0.4, 0.5) is 5.69 Å². The summed E-state index contributed by atoms with van der Waals surface area (Å²) in [7, 11) is 0. The second-order valence-electron chi connectivity index (χ2n) is 5.68. The normalized spacial score (nSPS) is 12.2. The van der Waals surface area contributed by atoms with Crippen LogP contribution in [0.5, 0.6) is 0 Å². The second-order valence-corrected chi connectivity index (χ2v) is 6.11. The zero-order valence-electron chi connectivity index (χ0n) is 13.7. The van der Waals surface area contributed by atoms with Crippen LogP contribution in [0.15, 0.2) is 71.8 Å². The molecule has 3 aromatic rings. The van der Waals surface area contributed by atoms with E-state index in [4.69, 9.17) is 11.6 Å². The van der Waals surface area contributed by atoms with Gasteiger partial charge in [-0.1, -0.05) is 60.1 Å². The predicted molar refractivity (Wildman–Crippen MR) is 104 cm³/mol. The van der Waals surface area contributed by atoms with Gasteiger partial charge >= 0.3 is 0 Å². The highest BCUT2D eigenvalue weighted by molar-refractivity contribution is 6.30. The van der Waals surface area contributed by atoms with Crippen LogP contribution in [0.3, 0.4) is 0 Å². The van der Waals surface area contributed by atoms with Gasteiger partial charge in [0.25, 0.3) is 5.91 Å². The van der Waals surface area contributed by atoms with Crippen molar-refractivity contribution in [3.05, 3.63) is 77.3 Å². The number of fused-ring (bicyclic) bond motifs is 1. The SMILES string of the molecule is C[C@@H](Nc1cccc2ccccc12)C(=O)N/N=C\c1ccc(Cl)cc1. The number of hydrogen-bond acceptors (Lipinski definition) is 3. The maximum atomic E-state index is 12.2. The lowest BCUT2D eigenvalue weighted by Crippen LogP contribution is -2.34. The van der Waals surface area contributed by atoms with Crippen molar-refractivity contribution in [3.63, 3.8) is 0 Å². The minimum Gasteiger partial charge on any atom is -0.373 e. The van der Waals surface area contributed by atoms with Crippen LogP contribution in [-0.2, 0) is 4.79 Å². The number of hydrogen-bond donors (Lipinski definition) is 2. The molecule has 25 heavy (non-hydrogen) atoms. The fourth-order valence-electron chi connectivity index (χ4n) is 2.47. The molecular weight excluding hydrogens is 334 g/mol. The summed E-state index contributed by atoms with van der Waals surface area (Å²) in [6.07, 6.45) is 1.58. The Bertz CT molecular complexity index is 901. The molecule has 3 aromatic carbocycles. The van der Waals surface area contributed by atoms with Crippen LogP contribution in [0, 0.1) is 0 Å². The zero-order chi connectivity index (χ0) is 17.6. The van der Waals surface area contributed by atoms with Gasteiger partial charge in [0.05, 0.1) is 6.21 Å². The number of benzene rings is 3. The smallest absolute Gasteiger partial charge is 0.262 e. The highest BCUT2D eigenvalue weighted by Crippen LogP contribution is 2.23. The van der Waals surface area contributed by atoms with Crippen molar-refractivity contribution in [3.8, 4) is 0 Å². The van der Waals surface area contributed by atoms with E-state index < -0.39 is 6.04 Å². The fraction of sp³-hybridized carbons (Fsp3) is 0.100. The van der Waals surface area contributed by atoms with Crippen LogP contribution < -0.4 is 10.7 Å². The Balaban J connectivity index is 1.63. The van der Waals surface area contributed by atoms with E-state index >= 15 is 0 Å². The molecule has 1 atom stereocenters. The van der Waals surface area contributed by atoms with Crippen molar-refractivity contribution >= 4 is 40.2 Å². The molecule has 1 amide bonds. The molecule has 4 nitrogen and oxygen atoms in total. The van der Waals surface area contributed by atoms with E-state index in [1.54, 1.807) is 25.3 Å². The van der Waals surface area contributed by atoms with E-state index in [9.17, 15) is 4.79 Å². The van der Waals surface area contributed by atoms with E-state index in [0.29, 0.717) is 5.02 Å². The van der Waals surface area contributed by atoms with Gasteiger partial charge in [0.2, 0.25) is 0 Å². The molecule has 0 heterocycles. The molecular formula is C20H18ClN3O. The first-order chi connectivity index (χ1) is 12.1. The van der Waals surface area contributed by atoms with Gasteiger partial charge in [-0.2, -0.15) is 5.10 Å². The second kappa shape index (κ2) is 7.81. The first kappa shape index (κ1) is 17.0. The molecule has 5 heteroatoms. The summed E-state index contributed by atoms with van der Waals surface area (Å²) >= 11 is 5.83. The van der Waals surface area contributed by atoms with Crippen molar-refractivity contribution < 1.29 is 4.79 Å². The molecule has 0 aliphatic heterocycles. The highest BCUT2D eigenvalue weighted by Gasteiger charge is 2.12. The van der Waals surface area contributed by atoms with Gasteiger partial charge < -0.3 is 5.32 Å². The first-order valence-electron chi connectivity index (χ1n) is 7.96. The number of halogens is 1. The molecule has 0 saturated heterocycles. The maximum Gasteiger partial charge on any atom is 0.262 e. The number of amides is 1. The first-order valence-corrected chi connectivity index (χ1v) is 8.34. The topological polar surface area (TPSA) is 53.5 Å². The number of hydrazone groups is 1. The third-order valence-electron chi connectivity index (χ3n) is 3.81. The van der Waals surface area contributed by atoms with Gasteiger partial charge in [0.15, 0.2) is 0 Å². The van der Waals surface area contributed by atoms with Crippen LogP contribution in [0.2, 0.25) is 5.02 Å². The number of rotatable bonds is 5. The van der Waals surface area contributed by atoms with Crippen molar-refractivity contribution in [1.29, 1.82) is 0 Å². The molecule has 0 radical (unpaired) electrons. The number of nitrogens with zero attached hydrogens (tertiary/aromatic N) is 1. The molecule has 0 saturated carbocycles. The molecule has 0 fully saturated rings. The van der Waals surface area contributed by atoms with Crippen molar-refractivity contribution in [2.75, 3.05) is 5.32 Å². The fourth-order valence-corrected chi connectivity index (χ4v) is 2.59. The average molecular weight is 352 g/mol. The lowest BCUT2D eigenvalue weighted by Gasteiger charge is -2.15. The molecule has 0 aliphatic rings. The predicted octanol–water partition coefficient (Wildman–Crippen LogP) is 4.44. The molecule has 126 valence electrons. The number of nitrogens with one attached hydrogen (secondary N) is 2. The lowest BCUT2D eigenvalue weighted by molar-refractivity contribution is -0.121. The maximum absolute atomic E-state index is 12.2. The van der Waals surface area contributed by atoms with E-state index in [0.717, 1.165) is 22.0 Å². The minimum atomic E-state index is -0.423. The van der Waals surface area contributed by atoms with Gasteiger partial charge in [-0.3, -0.25) is 4.79 Å². The van der Waals surface area contributed by atoms with Crippen molar-refractivity contribution in [2.24, 2.45) is 5.10 Å². The standard InChI is InChI=1S/C20H18ClN3O/c1-14(20(25)24-22-13-15-9-11-17(21)12-10-15)23-19-8-4-6-16-5-2-3-7-18(16)19/h2-14,23H,1H3,(H,24,25)/b22-13-/t14-/m1/s1. The summed E-state index contributed by atoms with van der Waals surface area (Å²) in [4.78, 5) is 12.2. The van der Waals surface area contributed by atoms with E-state index in [1.165, 1.54) is 0 Å². The molecule has 2 N–H and O–H groups in total. The van der Waals surface area contributed by atoms with Gasteiger partial charge in [-0.25, -0.2) is 5.43 Å². The van der Waals surface area contributed by atoms with Crippen LogP contribution in [0.25, 0.3) is 10.8 Å². The zero-order valence-corrected chi connectivity index (χ0v) is 14.5. The van der Waals surface area contributed by atoms with Crippen LogP contribution in [-0.4, -0.2) is 18.2 Å². The Labute approximate surface area is 151 Å². The summed E-state index contributed by atoms with van der Waals surface area (Å²) < 4.78 is 0.